The van der Waals surface area contributed by atoms with Crippen LogP contribution in [0.5, 0.6) is 0 Å². The minimum atomic E-state index is -0.687. The minimum Gasteiger partial charge on any atom is -0.352 e. The van der Waals surface area contributed by atoms with Crippen molar-refractivity contribution < 1.29 is 9.59 Å². The molecule has 1 unspecified atom stereocenters. The van der Waals surface area contributed by atoms with Crippen LogP contribution in [-0.2, 0) is 29.0 Å². The van der Waals surface area contributed by atoms with E-state index in [1.54, 1.807) is 17.0 Å². The average Bonchev–Trinajstić information content (AvgIpc) is 3.40. The normalized spacial score (nSPS) is 14.4. The van der Waals surface area contributed by atoms with Gasteiger partial charge in [0.1, 0.15) is 6.04 Å². The summed E-state index contributed by atoms with van der Waals surface area (Å²) in [5, 5.41) is 4.83. The topological polar surface area (TPSA) is 49.4 Å². The second-order valence-corrected chi connectivity index (χ2v) is 10.8. The lowest BCUT2D eigenvalue weighted by molar-refractivity contribution is -0.141. The molecule has 1 atom stereocenters. The molecule has 0 saturated heterocycles. The molecule has 194 valence electrons. The van der Waals surface area contributed by atoms with Crippen LogP contribution in [0.3, 0.4) is 0 Å². The molecule has 1 aliphatic carbocycles. The van der Waals surface area contributed by atoms with Crippen molar-refractivity contribution in [2.75, 3.05) is 0 Å². The maximum absolute atomic E-state index is 13.8. The second-order valence-electron chi connectivity index (χ2n) is 9.54. The maximum Gasteiger partial charge on any atom is 0.243 e. The monoisotopic (exact) mass is 556 g/mol. The van der Waals surface area contributed by atoms with Gasteiger partial charge in [-0.1, -0.05) is 102 Å². The first kappa shape index (κ1) is 27.5. The molecular formula is C30H31Cl3N2O2. The van der Waals surface area contributed by atoms with E-state index >= 15 is 0 Å². The minimum absolute atomic E-state index is 0.131. The number of rotatable bonds is 10. The van der Waals surface area contributed by atoms with Crippen LogP contribution < -0.4 is 5.32 Å². The molecular weight excluding hydrogens is 527 g/mol. The van der Waals surface area contributed by atoms with E-state index < -0.39 is 6.04 Å². The first-order valence-corrected chi connectivity index (χ1v) is 13.8. The predicted octanol–water partition coefficient (Wildman–Crippen LogP) is 7.28. The fourth-order valence-corrected chi connectivity index (χ4v) is 5.54. The van der Waals surface area contributed by atoms with E-state index in [9.17, 15) is 9.59 Å². The van der Waals surface area contributed by atoms with Crippen molar-refractivity contribution in [3.8, 4) is 0 Å². The number of nitrogens with zero attached hydrogens (tertiary/aromatic N) is 1. The largest absolute Gasteiger partial charge is 0.352 e. The highest BCUT2D eigenvalue weighted by molar-refractivity contribution is 6.35. The number of halogens is 3. The van der Waals surface area contributed by atoms with Gasteiger partial charge in [-0.25, -0.2) is 0 Å². The molecule has 1 saturated carbocycles. The zero-order valence-electron chi connectivity index (χ0n) is 20.6. The third kappa shape index (κ3) is 7.73. The number of amides is 2. The Kier molecular flexibility index (Phi) is 9.90. The lowest BCUT2D eigenvalue weighted by Crippen LogP contribution is -2.52. The lowest BCUT2D eigenvalue weighted by atomic mass is 10.0. The van der Waals surface area contributed by atoms with Crippen LogP contribution >= 0.6 is 34.8 Å². The number of carbonyl (C=O) groups is 2. The Morgan fingerprint density at radius 3 is 2.27 bits per heavy atom. The van der Waals surface area contributed by atoms with E-state index in [1.807, 2.05) is 60.7 Å². The Balaban J connectivity index is 1.64. The number of hydrogen-bond acceptors (Lipinski definition) is 2. The number of aryl methyl sites for hydroxylation is 1. The summed E-state index contributed by atoms with van der Waals surface area (Å²) in [7, 11) is 0. The van der Waals surface area contributed by atoms with Crippen LogP contribution in [0, 0.1) is 0 Å². The van der Waals surface area contributed by atoms with E-state index in [1.165, 1.54) is 0 Å². The molecule has 2 amide bonds. The second kappa shape index (κ2) is 13.3. The predicted molar refractivity (Wildman–Crippen MR) is 151 cm³/mol. The molecule has 0 radical (unpaired) electrons. The van der Waals surface area contributed by atoms with Crippen LogP contribution in [-0.4, -0.2) is 28.8 Å². The van der Waals surface area contributed by atoms with Gasteiger partial charge in [-0.3, -0.25) is 9.59 Å². The molecule has 0 spiro atoms. The molecule has 0 aromatic heterocycles. The van der Waals surface area contributed by atoms with Crippen molar-refractivity contribution in [2.24, 2.45) is 0 Å². The van der Waals surface area contributed by atoms with E-state index in [2.05, 4.69) is 5.32 Å². The molecule has 0 heterocycles. The number of carbonyl (C=O) groups excluding carboxylic acids is 2. The lowest BCUT2D eigenvalue weighted by Gasteiger charge is -2.32. The SMILES string of the molecule is O=C(NC1CCCC1)C(Cc1ccccc1)N(Cc1ccc(Cl)cc1Cl)C(=O)CCc1ccccc1Cl. The summed E-state index contributed by atoms with van der Waals surface area (Å²) in [6, 6.07) is 22.0. The number of hydrogen-bond donors (Lipinski definition) is 1. The fraction of sp³-hybridized carbons (Fsp3) is 0.333. The summed E-state index contributed by atoms with van der Waals surface area (Å²) in [4.78, 5) is 29.2. The van der Waals surface area contributed by atoms with Crippen LogP contribution in [0.15, 0.2) is 72.8 Å². The van der Waals surface area contributed by atoms with Gasteiger partial charge in [-0.05, 0) is 54.2 Å². The van der Waals surface area contributed by atoms with Crippen molar-refractivity contribution >= 4 is 46.6 Å². The molecule has 37 heavy (non-hydrogen) atoms. The van der Waals surface area contributed by atoms with Crippen molar-refractivity contribution in [2.45, 2.75) is 63.6 Å². The average molecular weight is 558 g/mol. The Labute approximate surface area is 233 Å². The first-order chi connectivity index (χ1) is 17.9. The summed E-state index contributed by atoms with van der Waals surface area (Å²) in [5.74, 6) is -0.264. The Morgan fingerprint density at radius 1 is 0.865 bits per heavy atom. The number of nitrogens with one attached hydrogen (secondary N) is 1. The molecule has 4 rings (SSSR count). The van der Waals surface area contributed by atoms with Gasteiger partial charge in [0.2, 0.25) is 11.8 Å². The molecule has 7 heteroatoms. The highest BCUT2D eigenvalue weighted by Gasteiger charge is 2.32. The van der Waals surface area contributed by atoms with Crippen LogP contribution in [0.1, 0.15) is 48.8 Å². The third-order valence-electron chi connectivity index (χ3n) is 6.89. The Morgan fingerprint density at radius 2 is 1.57 bits per heavy atom. The van der Waals surface area contributed by atoms with Gasteiger partial charge in [0, 0.05) is 40.5 Å². The highest BCUT2D eigenvalue weighted by Crippen LogP contribution is 2.26. The van der Waals surface area contributed by atoms with E-state index in [0.717, 1.165) is 42.4 Å². The Hall–Kier alpha value is -2.53. The summed E-state index contributed by atoms with van der Waals surface area (Å²) in [5.41, 5.74) is 2.63. The molecule has 1 fully saturated rings. The van der Waals surface area contributed by atoms with Crippen molar-refractivity contribution in [3.05, 3.63) is 105 Å². The zero-order valence-corrected chi connectivity index (χ0v) is 22.9. The summed E-state index contributed by atoms with van der Waals surface area (Å²) in [6.45, 7) is 0.201. The highest BCUT2D eigenvalue weighted by atomic mass is 35.5. The van der Waals surface area contributed by atoms with Crippen LogP contribution in [0.25, 0.3) is 0 Å². The summed E-state index contributed by atoms with van der Waals surface area (Å²) < 4.78 is 0. The van der Waals surface area contributed by atoms with E-state index in [-0.39, 0.29) is 30.8 Å². The maximum atomic E-state index is 13.8. The van der Waals surface area contributed by atoms with Gasteiger partial charge in [0.25, 0.3) is 0 Å². The molecule has 0 aliphatic heterocycles. The summed E-state index contributed by atoms with van der Waals surface area (Å²) >= 11 is 19.0. The standard InChI is InChI=1S/C30H31Cl3N2O2/c31-24-16-14-23(27(33)19-24)20-35(29(36)17-15-22-10-4-7-13-26(22)32)28(18-21-8-2-1-3-9-21)30(37)34-25-11-5-6-12-25/h1-4,7-10,13-14,16,19,25,28H,5-6,11-12,15,17-18,20H2,(H,34,37). The molecule has 3 aromatic rings. The van der Waals surface area contributed by atoms with Crippen molar-refractivity contribution in [3.63, 3.8) is 0 Å². The molecule has 4 nitrogen and oxygen atoms in total. The molecule has 1 aliphatic rings. The van der Waals surface area contributed by atoms with Gasteiger partial charge >= 0.3 is 0 Å². The van der Waals surface area contributed by atoms with Gasteiger partial charge in [-0.2, -0.15) is 0 Å². The quantitative estimate of drug-likeness (QED) is 0.285. The Bertz CT molecular complexity index is 1210. The fourth-order valence-electron chi connectivity index (χ4n) is 4.84. The van der Waals surface area contributed by atoms with Crippen LogP contribution in [0.4, 0.5) is 0 Å². The van der Waals surface area contributed by atoms with Gasteiger partial charge in [0.15, 0.2) is 0 Å². The van der Waals surface area contributed by atoms with Crippen molar-refractivity contribution in [1.29, 1.82) is 0 Å². The van der Waals surface area contributed by atoms with Gasteiger partial charge < -0.3 is 10.2 Å². The zero-order chi connectivity index (χ0) is 26.2. The summed E-state index contributed by atoms with van der Waals surface area (Å²) in [6.07, 6.45) is 5.25. The molecule has 3 aromatic carbocycles. The van der Waals surface area contributed by atoms with Gasteiger partial charge in [-0.15, -0.1) is 0 Å². The van der Waals surface area contributed by atoms with Crippen LogP contribution in [0.2, 0.25) is 15.1 Å². The van der Waals surface area contributed by atoms with Crippen molar-refractivity contribution in [1.82, 2.24) is 10.2 Å². The van der Waals surface area contributed by atoms with E-state index in [4.69, 9.17) is 34.8 Å². The first-order valence-electron chi connectivity index (χ1n) is 12.7. The third-order valence-corrected chi connectivity index (χ3v) is 7.85. The van der Waals surface area contributed by atoms with Gasteiger partial charge in [0.05, 0.1) is 0 Å². The van der Waals surface area contributed by atoms with E-state index in [0.29, 0.717) is 27.9 Å². The molecule has 0 bridgehead atoms. The smallest absolute Gasteiger partial charge is 0.243 e. The molecule has 1 N–H and O–H groups in total. The number of benzene rings is 3.